The van der Waals surface area contributed by atoms with Gasteiger partial charge in [-0.1, -0.05) is 60.1 Å². The van der Waals surface area contributed by atoms with Crippen LogP contribution in [0.3, 0.4) is 0 Å². The predicted octanol–water partition coefficient (Wildman–Crippen LogP) is 6.03. The number of thiocarbonyl (C=S) groups is 1. The molecule has 0 aliphatic carbocycles. The van der Waals surface area contributed by atoms with E-state index in [2.05, 4.69) is 45.7 Å². The first-order valence-corrected chi connectivity index (χ1v) is 11.9. The van der Waals surface area contributed by atoms with Gasteiger partial charge in [-0.2, -0.15) is 0 Å². The number of aryl methyl sites for hydroxylation is 1. The third kappa shape index (κ3) is 6.88. The number of anilines is 2. The van der Waals surface area contributed by atoms with Crippen LogP contribution in [0.15, 0.2) is 71.2 Å². The zero-order valence-electron chi connectivity index (χ0n) is 19.1. The van der Waals surface area contributed by atoms with Crippen molar-refractivity contribution in [3.05, 3.63) is 87.9 Å². The Hall–Kier alpha value is -3.23. The van der Waals surface area contributed by atoms with Gasteiger partial charge in [0, 0.05) is 10.2 Å². The first kappa shape index (κ1) is 25.4. The van der Waals surface area contributed by atoms with E-state index < -0.39 is 5.91 Å². The third-order valence-electron chi connectivity index (χ3n) is 4.98. The molecule has 0 bridgehead atoms. The van der Waals surface area contributed by atoms with Gasteiger partial charge in [0.1, 0.15) is 5.75 Å². The summed E-state index contributed by atoms with van der Waals surface area (Å²) in [6, 6.07) is 20.0. The Bertz CT molecular complexity index is 1200. The summed E-state index contributed by atoms with van der Waals surface area (Å²) < 4.78 is 6.78. The first-order valence-electron chi connectivity index (χ1n) is 10.7. The van der Waals surface area contributed by atoms with E-state index in [1.54, 1.807) is 36.4 Å². The zero-order chi connectivity index (χ0) is 24.7. The summed E-state index contributed by atoms with van der Waals surface area (Å²) in [5.41, 5.74) is 3.57. The van der Waals surface area contributed by atoms with E-state index in [0.29, 0.717) is 22.7 Å². The van der Waals surface area contributed by atoms with Gasteiger partial charge in [0.15, 0.2) is 11.7 Å². The highest BCUT2D eigenvalue weighted by atomic mass is 79.9. The topological polar surface area (TPSA) is 79.5 Å². The van der Waals surface area contributed by atoms with Crippen molar-refractivity contribution in [3.63, 3.8) is 0 Å². The molecular formula is C26H26BrN3O3S. The van der Waals surface area contributed by atoms with Crippen LogP contribution in [0.5, 0.6) is 5.75 Å². The molecule has 0 spiro atoms. The van der Waals surface area contributed by atoms with Gasteiger partial charge in [0.25, 0.3) is 11.8 Å². The molecule has 34 heavy (non-hydrogen) atoms. The van der Waals surface area contributed by atoms with Crippen molar-refractivity contribution in [1.29, 1.82) is 0 Å². The lowest BCUT2D eigenvalue weighted by Crippen LogP contribution is -2.37. The minimum atomic E-state index is -0.404. The van der Waals surface area contributed by atoms with E-state index in [1.165, 1.54) is 0 Å². The third-order valence-corrected chi connectivity index (χ3v) is 6.03. The van der Waals surface area contributed by atoms with E-state index in [-0.39, 0.29) is 23.5 Å². The normalized spacial score (nSPS) is 10.5. The van der Waals surface area contributed by atoms with E-state index in [4.69, 9.17) is 17.0 Å². The number of halogens is 1. The Morgan fingerprint density at radius 2 is 1.68 bits per heavy atom. The number of hydrogen-bond donors (Lipinski definition) is 3. The van der Waals surface area contributed by atoms with Crippen molar-refractivity contribution >= 4 is 56.4 Å². The standard InChI is InChI=1S/C26H26BrN3O3S/c1-16(2)20-14-21(27)17(3)13-23(20)33-15-24(31)30-26(34)29-22-12-8-7-11-19(22)25(32)28-18-9-5-4-6-10-18/h4-14,16H,15H2,1-3H3,(H,28,32)(H2,29,30,31,34). The molecule has 0 unspecified atom stereocenters. The van der Waals surface area contributed by atoms with Crippen LogP contribution in [-0.2, 0) is 4.79 Å². The number of benzene rings is 3. The highest BCUT2D eigenvalue weighted by molar-refractivity contribution is 9.10. The molecule has 0 aliphatic rings. The zero-order valence-corrected chi connectivity index (χ0v) is 21.5. The van der Waals surface area contributed by atoms with Gasteiger partial charge in [-0.05, 0) is 72.6 Å². The maximum atomic E-state index is 12.7. The maximum Gasteiger partial charge on any atom is 0.264 e. The Labute approximate surface area is 213 Å². The molecule has 3 aromatic rings. The molecule has 0 heterocycles. The van der Waals surface area contributed by atoms with Gasteiger partial charge in [-0.15, -0.1) is 0 Å². The van der Waals surface area contributed by atoms with Gasteiger partial charge < -0.3 is 15.4 Å². The Morgan fingerprint density at radius 1 is 1.00 bits per heavy atom. The van der Waals surface area contributed by atoms with Gasteiger partial charge >= 0.3 is 0 Å². The van der Waals surface area contributed by atoms with Crippen molar-refractivity contribution in [3.8, 4) is 5.75 Å². The molecular weight excluding hydrogens is 514 g/mol. The average molecular weight is 540 g/mol. The number of carbonyl (C=O) groups excluding carboxylic acids is 2. The number of rotatable bonds is 7. The second-order valence-corrected chi connectivity index (χ2v) is 9.21. The van der Waals surface area contributed by atoms with Gasteiger partial charge in [0.2, 0.25) is 0 Å². The summed E-state index contributed by atoms with van der Waals surface area (Å²) in [6.07, 6.45) is 0. The molecule has 0 saturated heterocycles. The fourth-order valence-corrected chi connectivity index (χ4v) is 3.80. The maximum absolute atomic E-state index is 12.7. The SMILES string of the molecule is Cc1cc(OCC(=O)NC(=S)Nc2ccccc2C(=O)Nc2ccccc2)c(C(C)C)cc1Br. The van der Waals surface area contributed by atoms with Crippen molar-refractivity contribution in [2.45, 2.75) is 26.7 Å². The monoisotopic (exact) mass is 539 g/mol. The number of amides is 2. The molecule has 8 heteroatoms. The lowest BCUT2D eigenvalue weighted by Gasteiger charge is -2.17. The predicted molar refractivity (Wildman–Crippen MR) is 144 cm³/mol. The van der Waals surface area contributed by atoms with Crippen molar-refractivity contribution in [2.24, 2.45) is 0 Å². The van der Waals surface area contributed by atoms with Crippen molar-refractivity contribution < 1.29 is 14.3 Å². The van der Waals surface area contributed by atoms with Crippen LogP contribution in [0, 0.1) is 6.92 Å². The quantitative estimate of drug-likeness (QED) is 0.319. The number of para-hydroxylation sites is 2. The molecule has 3 N–H and O–H groups in total. The number of carbonyl (C=O) groups is 2. The smallest absolute Gasteiger partial charge is 0.264 e. The number of ether oxygens (including phenoxy) is 1. The molecule has 6 nitrogen and oxygen atoms in total. The van der Waals surface area contributed by atoms with Crippen LogP contribution in [-0.4, -0.2) is 23.5 Å². The number of nitrogens with one attached hydrogen (secondary N) is 3. The van der Waals surface area contributed by atoms with Gasteiger partial charge in [-0.25, -0.2) is 0 Å². The van der Waals surface area contributed by atoms with Crippen LogP contribution in [0.1, 0.15) is 41.3 Å². The average Bonchev–Trinajstić information content (AvgIpc) is 2.80. The van der Waals surface area contributed by atoms with Crippen LogP contribution in [0.2, 0.25) is 0 Å². The molecule has 0 aromatic heterocycles. The fraction of sp³-hybridized carbons (Fsp3) is 0.192. The van der Waals surface area contributed by atoms with Crippen LogP contribution >= 0.6 is 28.1 Å². The number of hydrogen-bond acceptors (Lipinski definition) is 4. The van der Waals surface area contributed by atoms with Crippen LogP contribution in [0.4, 0.5) is 11.4 Å². The second kappa shape index (κ2) is 11.8. The van der Waals surface area contributed by atoms with Crippen LogP contribution in [0.25, 0.3) is 0 Å². The molecule has 3 rings (SSSR count). The summed E-state index contributed by atoms with van der Waals surface area (Å²) >= 11 is 8.83. The molecule has 0 radical (unpaired) electrons. The van der Waals surface area contributed by atoms with Crippen LogP contribution < -0.4 is 20.7 Å². The molecule has 0 aliphatic heterocycles. The second-order valence-electron chi connectivity index (χ2n) is 7.95. The molecule has 176 valence electrons. The summed E-state index contributed by atoms with van der Waals surface area (Å²) in [7, 11) is 0. The minimum absolute atomic E-state index is 0.0737. The van der Waals surface area contributed by atoms with Crippen molar-refractivity contribution in [2.75, 3.05) is 17.2 Å². The Morgan fingerprint density at radius 3 is 2.38 bits per heavy atom. The molecule has 2 amide bonds. The first-order chi connectivity index (χ1) is 16.2. The van der Waals surface area contributed by atoms with E-state index in [9.17, 15) is 9.59 Å². The van der Waals surface area contributed by atoms with Crippen molar-refractivity contribution in [1.82, 2.24) is 5.32 Å². The Balaban J connectivity index is 1.61. The summed E-state index contributed by atoms with van der Waals surface area (Å²) in [4.78, 5) is 25.2. The van der Waals surface area contributed by atoms with Gasteiger partial charge in [0.05, 0.1) is 11.3 Å². The molecule has 0 fully saturated rings. The molecule has 0 saturated carbocycles. The summed E-state index contributed by atoms with van der Waals surface area (Å²) in [5, 5.41) is 8.45. The van der Waals surface area contributed by atoms with E-state index in [0.717, 1.165) is 15.6 Å². The minimum Gasteiger partial charge on any atom is -0.483 e. The summed E-state index contributed by atoms with van der Waals surface area (Å²) in [5.74, 6) is 0.196. The fourth-order valence-electron chi connectivity index (χ4n) is 3.22. The van der Waals surface area contributed by atoms with Gasteiger partial charge in [-0.3, -0.25) is 14.9 Å². The van der Waals surface area contributed by atoms with E-state index in [1.807, 2.05) is 37.3 Å². The summed E-state index contributed by atoms with van der Waals surface area (Å²) in [6.45, 7) is 5.90. The molecule has 0 atom stereocenters. The lowest BCUT2D eigenvalue weighted by atomic mass is 10.0. The molecule has 3 aromatic carbocycles. The van der Waals surface area contributed by atoms with E-state index >= 15 is 0 Å². The Kier molecular flexibility index (Phi) is 8.79. The highest BCUT2D eigenvalue weighted by Gasteiger charge is 2.15. The largest absolute Gasteiger partial charge is 0.483 e. The lowest BCUT2D eigenvalue weighted by molar-refractivity contribution is -0.121. The highest BCUT2D eigenvalue weighted by Crippen LogP contribution is 2.32.